The summed E-state index contributed by atoms with van der Waals surface area (Å²) in [7, 11) is 0. The predicted octanol–water partition coefficient (Wildman–Crippen LogP) is 2.64. The topological polar surface area (TPSA) is 55.1 Å². The van der Waals surface area contributed by atoms with Crippen molar-refractivity contribution in [2.45, 2.75) is 51.0 Å². The number of aryl methyl sites for hydroxylation is 1. The second-order valence-corrected chi connectivity index (χ2v) is 5.79. The van der Waals surface area contributed by atoms with Crippen LogP contribution >= 0.6 is 0 Å². The maximum Gasteiger partial charge on any atom is 0.220 e. The summed E-state index contributed by atoms with van der Waals surface area (Å²) in [6, 6.07) is 10.6. The molecule has 20 heavy (non-hydrogen) atoms. The molecule has 0 aromatic heterocycles. The molecule has 1 aliphatic carbocycles. The molecule has 0 heterocycles. The summed E-state index contributed by atoms with van der Waals surface area (Å²) in [4.78, 5) is 12.0. The van der Waals surface area contributed by atoms with Crippen molar-refractivity contribution in [2.24, 2.45) is 11.7 Å². The van der Waals surface area contributed by atoms with Gasteiger partial charge in [0.1, 0.15) is 0 Å². The van der Waals surface area contributed by atoms with Gasteiger partial charge in [0.15, 0.2) is 0 Å². The van der Waals surface area contributed by atoms with Crippen LogP contribution in [0.3, 0.4) is 0 Å². The zero-order chi connectivity index (χ0) is 14.2. The maximum atomic E-state index is 12.0. The Morgan fingerprint density at radius 1 is 1.20 bits per heavy atom. The van der Waals surface area contributed by atoms with E-state index in [0.29, 0.717) is 24.9 Å². The van der Waals surface area contributed by atoms with E-state index in [1.807, 2.05) is 18.2 Å². The molecule has 2 atom stereocenters. The SMILES string of the molecule is NCC1CCCCC1NC(=O)CCCc1ccccc1. The van der Waals surface area contributed by atoms with Gasteiger partial charge in [0, 0.05) is 12.5 Å². The van der Waals surface area contributed by atoms with Crippen LogP contribution in [0.25, 0.3) is 0 Å². The Morgan fingerprint density at radius 3 is 2.70 bits per heavy atom. The highest BCUT2D eigenvalue weighted by atomic mass is 16.1. The number of hydrogen-bond donors (Lipinski definition) is 2. The summed E-state index contributed by atoms with van der Waals surface area (Å²) < 4.78 is 0. The minimum Gasteiger partial charge on any atom is -0.353 e. The average Bonchev–Trinajstić information content (AvgIpc) is 2.49. The molecule has 0 aliphatic heterocycles. The third-order valence-electron chi connectivity index (χ3n) is 4.27. The first-order valence-electron chi connectivity index (χ1n) is 7.83. The van der Waals surface area contributed by atoms with E-state index in [9.17, 15) is 4.79 Å². The molecule has 1 amide bonds. The monoisotopic (exact) mass is 274 g/mol. The molecule has 3 N–H and O–H groups in total. The van der Waals surface area contributed by atoms with Gasteiger partial charge in [0.05, 0.1) is 0 Å². The minimum absolute atomic E-state index is 0.186. The molecule has 2 unspecified atom stereocenters. The molecule has 110 valence electrons. The van der Waals surface area contributed by atoms with Crippen LogP contribution in [0.15, 0.2) is 30.3 Å². The number of carbonyl (C=O) groups is 1. The molecule has 1 fully saturated rings. The van der Waals surface area contributed by atoms with Crippen molar-refractivity contribution >= 4 is 5.91 Å². The molecule has 1 aromatic carbocycles. The molecule has 1 aromatic rings. The standard InChI is InChI=1S/C17H26N2O/c18-13-15-10-4-5-11-16(15)19-17(20)12-6-9-14-7-2-1-3-8-14/h1-3,7-8,15-16H,4-6,9-13,18H2,(H,19,20). The van der Waals surface area contributed by atoms with Crippen molar-refractivity contribution in [1.29, 1.82) is 0 Å². The van der Waals surface area contributed by atoms with Gasteiger partial charge in [-0.15, -0.1) is 0 Å². The van der Waals surface area contributed by atoms with Gasteiger partial charge in [-0.05, 0) is 43.7 Å². The second kappa shape index (κ2) is 8.05. The number of nitrogens with two attached hydrogens (primary N) is 1. The van der Waals surface area contributed by atoms with Gasteiger partial charge >= 0.3 is 0 Å². The molecule has 0 radical (unpaired) electrons. The van der Waals surface area contributed by atoms with Crippen molar-refractivity contribution in [1.82, 2.24) is 5.32 Å². The van der Waals surface area contributed by atoms with Crippen LogP contribution in [-0.2, 0) is 11.2 Å². The van der Waals surface area contributed by atoms with Gasteiger partial charge in [0.2, 0.25) is 5.91 Å². The number of benzene rings is 1. The minimum atomic E-state index is 0.186. The van der Waals surface area contributed by atoms with Crippen LogP contribution in [-0.4, -0.2) is 18.5 Å². The van der Waals surface area contributed by atoms with E-state index in [-0.39, 0.29) is 5.91 Å². The maximum absolute atomic E-state index is 12.0. The van der Waals surface area contributed by atoms with E-state index >= 15 is 0 Å². The molecule has 0 bridgehead atoms. The van der Waals surface area contributed by atoms with E-state index in [1.165, 1.54) is 18.4 Å². The smallest absolute Gasteiger partial charge is 0.220 e. The van der Waals surface area contributed by atoms with Crippen molar-refractivity contribution in [2.75, 3.05) is 6.54 Å². The van der Waals surface area contributed by atoms with Crippen molar-refractivity contribution in [3.63, 3.8) is 0 Å². The molecular weight excluding hydrogens is 248 g/mol. The molecule has 0 spiro atoms. The zero-order valence-corrected chi connectivity index (χ0v) is 12.2. The van der Waals surface area contributed by atoms with Gasteiger partial charge in [-0.3, -0.25) is 4.79 Å². The molecule has 3 heteroatoms. The Kier molecular flexibility index (Phi) is 6.06. The normalized spacial score (nSPS) is 22.4. The number of rotatable bonds is 6. The first-order valence-corrected chi connectivity index (χ1v) is 7.83. The summed E-state index contributed by atoms with van der Waals surface area (Å²) in [5.41, 5.74) is 7.10. The van der Waals surface area contributed by atoms with Gasteiger partial charge in [0.25, 0.3) is 0 Å². The van der Waals surface area contributed by atoms with Gasteiger partial charge in [-0.1, -0.05) is 43.2 Å². The van der Waals surface area contributed by atoms with E-state index in [4.69, 9.17) is 5.73 Å². The quantitative estimate of drug-likeness (QED) is 0.838. The highest BCUT2D eigenvalue weighted by Crippen LogP contribution is 2.23. The summed E-state index contributed by atoms with van der Waals surface area (Å²) >= 11 is 0. The van der Waals surface area contributed by atoms with Crippen LogP contribution in [0.1, 0.15) is 44.1 Å². The molecule has 2 rings (SSSR count). The number of carbonyl (C=O) groups excluding carboxylic acids is 1. The van der Waals surface area contributed by atoms with Crippen LogP contribution in [0.5, 0.6) is 0 Å². The first-order chi connectivity index (χ1) is 9.79. The zero-order valence-electron chi connectivity index (χ0n) is 12.2. The number of amides is 1. The summed E-state index contributed by atoms with van der Waals surface area (Å²) in [5, 5.41) is 3.19. The van der Waals surface area contributed by atoms with Crippen LogP contribution in [0, 0.1) is 5.92 Å². The third-order valence-corrected chi connectivity index (χ3v) is 4.27. The molecular formula is C17H26N2O. The van der Waals surface area contributed by atoms with Crippen LogP contribution < -0.4 is 11.1 Å². The lowest BCUT2D eigenvalue weighted by Crippen LogP contribution is -2.44. The van der Waals surface area contributed by atoms with E-state index in [0.717, 1.165) is 25.7 Å². The average molecular weight is 274 g/mol. The molecule has 3 nitrogen and oxygen atoms in total. The fourth-order valence-electron chi connectivity index (χ4n) is 3.06. The fourth-order valence-corrected chi connectivity index (χ4v) is 3.06. The summed E-state index contributed by atoms with van der Waals surface area (Å²) in [6.45, 7) is 0.689. The van der Waals surface area contributed by atoms with Crippen LogP contribution in [0.4, 0.5) is 0 Å². The Balaban J connectivity index is 1.69. The first kappa shape index (κ1) is 15.0. The lowest BCUT2D eigenvalue weighted by Gasteiger charge is -2.31. The fraction of sp³-hybridized carbons (Fsp3) is 0.588. The van der Waals surface area contributed by atoms with Crippen molar-refractivity contribution < 1.29 is 4.79 Å². The van der Waals surface area contributed by atoms with E-state index in [1.54, 1.807) is 0 Å². The second-order valence-electron chi connectivity index (χ2n) is 5.79. The Hall–Kier alpha value is -1.35. The van der Waals surface area contributed by atoms with Gasteiger partial charge in [-0.25, -0.2) is 0 Å². The van der Waals surface area contributed by atoms with Gasteiger partial charge in [-0.2, -0.15) is 0 Å². The Morgan fingerprint density at radius 2 is 1.95 bits per heavy atom. The molecule has 0 saturated heterocycles. The molecule has 1 aliphatic rings. The Bertz CT molecular complexity index is 405. The summed E-state index contributed by atoms with van der Waals surface area (Å²) in [5.74, 6) is 0.660. The largest absolute Gasteiger partial charge is 0.353 e. The van der Waals surface area contributed by atoms with E-state index in [2.05, 4.69) is 17.4 Å². The van der Waals surface area contributed by atoms with E-state index < -0.39 is 0 Å². The number of hydrogen-bond acceptors (Lipinski definition) is 2. The third kappa shape index (κ3) is 4.64. The lowest BCUT2D eigenvalue weighted by molar-refractivity contribution is -0.122. The van der Waals surface area contributed by atoms with Crippen molar-refractivity contribution in [3.05, 3.63) is 35.9 Å². The highest BCUT2D eigenvalue weighted by Gasteiger charge is 2.24. The molecule has 1 saturated carbocycles. The Labute approximate surface area is 121 Å². The summed E-state index contributed by atoms with van der Waals surface area (Å²) in [6.07, 6.45) is 7.21. The lowest BCUT2D eigenvalue weighted by atomic mass is 9.84. The van der Waals surface area contributed by atoms with Crippen molar-refractivity contribution in [3.8, 4) is 0 Å². The number of nitrogens with one attached hydrogen (secondary N) is 1. The predicted molar refractivity (Wildman–Crippen MR) is 82.3 cm³/mol. The van der Waals surface area contributed by atoms with Crippen LogP contribution in [0.2, 0.25) is 0 Å². The van der Waals surface area contributed by atoms with Gasteiger partial charge < -0.3 is 11.1 Å². The highest BCUT2D eigenvalue weighted by molar-refractivity contribution is 5.76.